The summed E-state index contributed by atoms with van der Waals surface area (Å²) < 4.78 is 12.3. The number of fused-ring (bicyclic) bond motifs is 2. The first kappa shape index (κ1) is 37.0. The molecule has 8 atom stereocenters. The normalized spacial score (nSPS) is 24.9. The second kappa shape index (κ2) is 15.8. The van der Waals surface area contributed by atoms with Gasteiger partial charge in [-0.1, -0.05) is 93.1 Å². The Kier molecular flexibility index (Phi) is 11.3. The Labute approximate surface area is 305 Å². The van der Waals surface area contributed by atoms with Gasteiger partial charge in [0.2, 0.25) is 11.8 Å². The van der Waals surface area contributed by atoms with E-state index in [0.717, 1.165) is 16.3 Å². The zero-order valence-electron chi connectivity index (χ0n) is 30.0. The maximum Gasteiger partial charge on any atom is 0.306 e. The van der Waals surface area contributed by atoms with E-state index in [1.165, 1.54) is 4.90 Å². The van der Waals surface area contributed by atoms with E-state index >= 15 is 4.79 Å². The Hall–Kier alpha value is -4.80. The molecule has 52 heavy (non-hydrogen) atoms. The van der Waals surface area contributed by atoms with Crippen molar-refractivity contribution >= 4 is 40.2 Å². The lowest BCUT2D eigenvalue weighted by atomic mass is 9.70. The van der Waals surface area contributed by atoms with Crippen LogP contribution in [0.1, 0.15) is 57.6 Å². The third-order valence-corrected chi connectivity index (χ3v) is 11.2. The van der Waals surface area contributed by atoms with Crippen molar-refractivity contribution in [3.8, 4) is 0 Å². The first-order valence-electron chi connectivity index (χ1n) is 18.3. The smallest absolute Gasteiger partial charge is 0.306 e. The summed E-state index contributed by atoms with van der Waals surface area (Å²) in [7, 11) is 0. The summed E-state index contributed by atoms with van der Waals surface area (Å²) in [6.07, 6.45) is 4.90. The second-order valence-corrected chi connectivity index (χ2v) is 14.2. The van der Waals surface area contributed by atoms with Gasteiger partial charge in [0, 0.05) is 18.7 Å². The third-order valence-electron chi connectivity index (χ3n) is 11.2. The van der Waals surface area contributed by atoms with E-state index in [1.807, 2.05) is 86.6 Å². The van der Waals surface area contributed by atoms with Crippen LogP contribution in [0.3, 0.4) is 0 Å². The van der Waals surface area contributed by atoms with E-state index in [0.29, 0.717) is 31.4 Å². The first-order chi connectivity index (χ1) is 25.2. The van der Waals surface area contributed by atoms with Crippen LogP contribution in [0, 0.1) is 17.8 Å². The van der Waals surface area contributed by atoms with Crippen molar-refractivity contribution in [2.75, 3.05) is 24.7 Å². The van der Waals surface area contributed by atoms with Gasteiger partial charge in [-0.15, -0.1) is 13.2 Å². The molecule has 0 aromatic heterocycles. The molecular formula is C42H49N3O7. The number of hydrogen-bond donors (Lipinski definition) is 2. The third kappa shape index (κ3) is 6.77. The highest BCUT2D eigenvalue weighted by Gasteiger charge is 2.75. The number of esters is 1. The van der Waals surface area contributed by atoms with E-state index in [1.54, 1.807) is 17.1 Å². The van der Waals surface area contributed by atoms with Crippen molar-refractivity contribution in [2.24, 2.45) is 17.8 Å². The number of carbonyl (C=O) groups excluding carboxylic acids is 4. The van der Waals surface area contributed by atoms with Gasteiger partial charge in [0.25, 0.3) is 5.91 Å². The number of nitrogens with zero attached hydrogens (tertiary/aromatic N) is 2. The van der Waals surface area contributed by atoms with Crippen LogP contribution < -0.4 is 10.2 Å². The predicted molar refractivity (Wildman–Crippen MR) is 199 cm³/mol. The number of likely N-dealkylation sites (tertiary alicyclic amines) is 1. The number of ether oxygens (including phenoxy) is 2. The molecule has 6 rings (SSSR count). The van der Waals surface area contributed by atoms with Crippen LogP contribution in [-0.2, 0) is 28.7 Å². The van der Waals surface area contributed by atoms with Crippen molar-refractivity contribution in [1.29, 1.82) is 0 Å². The monoisotopic (exact) mass is 707 g/mol. The molecule has 0 aliphatic carbocycles. The number of hydrogen-bond acceptors (Lipinski definition) is 7. The Bertz CT molecular complexity index is 1810. The van der Waals surface area contributed by atoms with Gasteiger partial charge in [0.05, 0.1) is 36.6 Å². The number of amides is 3. The summed E-state index contributed by atoms with van der Waals surface area (Å²) >= 11 is 0. The summed E-state index contributed by atoms with van der Waals surface area (Å²) in [5.41, 5.74) is 0.110. The molecule has 3 heterocycles. The van der Waals surface area contributed by atoms with Crippen molar-refractivity contribution in [3.05, 3.63) is 104 Å². The van der Waals surface area contributed by atoms with E-state index in [9.17, 15) is 19.5 Å². The predicted octanol–water partition coefficient (Wildman–Crippen LogP) is 5.51. The van der Waals surface area contributed by atoms with Gasteiger partial charge >= 0.3 is 5.97 Å². The molecule has 3 saturated heterocycles. The number of aliphatic hydroxyl groups excluding tert-OH is 1. The Morgan fingerprint density at radius 2 is 1.81 bits per heavy atom. The van der Waals surface area contributed by atoms with Gasteiger partial charge in [0.1, 0.15) is 18.2 Å². The molecule has 10 heteroatoms. The first-order valence-corrected chi connectivity index (χ1v) is 18.3. The lowest BCUT2D eigenvalue weighted by Gasteiger charge is -2.41. The number of aliphatic hydroxyl groups is 1. The van der Waals surface area contributed by atoms with Crippen molar-refractivity contribution in [3.63, 3.8) is 0 Å². The van der Waals surface area contributed by atoms with Crippen LogP contribution in [0.15, 0.2) is 98.1 Å². The molecule has 3 aromatic rings. The van der Waals surface area contributed by atoms with E-state index in [2.05, 4.69) is 18.5 Å². The number of benzene rings is 3. The molecule has 3 aliphatic heterocycles. The molecule has 3 aliphatic rings. The molecule has 3 aromatic carbocycles. The van der Waals surface area contributed by atoms with Gasteiger partial charge in [-0.25, -0.2) is 0 Å². The highest BCUT2D eigenvalue weighted by Crippen LogP contribution is 2.59. The van der Waals surface area contributed by atoms with Gasteiger partial charge in [0.15, 0.2) is 0 Å². The molecule has 2 bridgehead atoms. The summed E-state index contributed by atoms with van der Waals surface area (Å²) in [6, 6.07) is 20.5. The molecule has 274 valence electrons. The quantitative estimate of drug-likeness (QED) is 0.149. The van der Waals surface area contributed by atoms with Crippen molar-refractivity contribution in [2.45, 2.75) is 75.8 Å². The van der Waals surface area contributed by atoms with Crippen LogP contribution in [0.2, 0.25) is 0 Å². The van der Waals surface area contributed by atoms with Crippen molar-refractivity contribution in [1.82, 2.24) is 10.2 Å². The number of anilines is 1. The molecule has 3 fully saturated rings. The van der Waals surface area contributed by atoms with Crippen LogP contribution in [0.4, 0.5) is 5.69 Å². The topological polar surface area (TPSA) is 125 Å². The largest absolute Gasteiger partial charge is 0.463 e. The SMILES string of the molecule is C=CCCC(=O)OC[C@H](NC(=O)[C@@H]1[C@@H]2CC[C@]3(O2)[C@H](C(=O)N(CC=C)c2ccc4ccccc4c2)N([C@@H](CO)[C@@H](C)CC)C(=O)[C@@H]13)c1ccccc1. The minimum absolute atomic E-state index is 0.0934. The van der Waals surface area contributed by atoms with E-state index in [-0.39, 0.29) is 43.9 Å². The number of nitrogens with one attached hydrogen (secondary N) is 1. The van der Waals surface area contributed by atoms with Gasteiger partial charge in [-0.3, -0.25) is 19.2 Å². The molecular weight excluding hydrogens is 658 g/mol. The standard InChI is InChI=1S/C42H49N3O7/c1-5-8-18-35(47)51-26-32(29-15-10-9-11-16-29)43-39(48)36-34-21-22-42(52-34)37(36)40(49)45(33(25-46)27(4)7-3)38(42)41(50)44(23-6-2)31-20-19-28-14-12-13-17-30(28)24-31/h5-6,9-17,19-20,24,27,32-34,36-38,46H,1-2,7-8,18,21-23,25-26H2,3-4H3,(H,43,48)/t27-,32-,33-,34-,36+,37+,38-,42+/m0/s1. The van der Waals surface area contributed by atoms with Crippen LogP contribution in [-0.4, -0.2) is 77.2 Å². The summed E-state index contributed by atoms with van der Waals surface area (Å²) in [6.45, 7) is 11.3. The van der Waals surface area contributed by atoms with Gasteiger partial charge < -0.3 is 29.7 Å². The molecule has 0 radical (unpaired) electrons. The Balaban J connectivity index is 1.36. The van der Waals surface area contributed by atoms with Crippen molar-refractivity contribution < 1.29 is 33.8 Å². The average molecular weight is 708 g/mol. The second-order valence-electron chi connectivity index (χ2n) is 14.2. The number of rotatable bonds is 16. The molecule has 10 nitrogen and oxygen atoms in total. The highest BCUT2D eigenvalue weighted by molar-refractivity contribution is 6.06. The minimum Gasteiger partial charge on any atom is -0.463 e. The average Bonchev–Trinajstić information content (AvgIpc) is 3.82. The van der Waals surface area contributed by atoms with E-state index in [4.69, 9.17) is 9.47 Å². The summed E-state index contributed by atoms with van der Waals surface area (Å²) in [5, 5.41) is 15.9. The zero-order chi connectivity index (χ0) is 37.0. The molecule has 1 spiro atoms. The fourth-order valence-electron chi connectivity index (χ4n) is 8.43. The summed E-state index contributed by atoms with van der Waals surface area (Å²) in [5.74, 6) is -3.52. The maximum atomic E-state index is 15.1. The zero-order valence-corrected chi connectivity index (χ0v) is 30.0. The molecule has 3 amide bonds. The van der Waals surface area contributed by atoms with E-state index < -0.39 is 53.5 Å². The molecule has 0 unspecified atom stereocenters. The highest BCUT2D eigenvalue weighted by atomic mass is 16.5. The fourth-order valence-corrected chi connectivity index (χ4v) is 8.43. The maximum absolute atomic E-state index is 15.1. The Morgan fingerprint density at radius 1 is 1.08 bits per heavy atom. The minimum atomic E-state index is -1.28. The lowest BCUT2D eigenvalue weighted by Crippen LogP contribution is -2.60. The molecule has 2 N–H and O–H groups in total. The summed E-state index contributed by atoms with van der Waals surface area (Å²) in [4.78, 5) is 60.0. The van der Waals surface area contributed by atoms with Crippen LogP contribution >= 0.6 is 0 Å². The van der Waals surface area contributed by atoms with Gasteiger partial charge in [-0.05, 0) is 53.6 Å². The lowest BCUT2D eigenvalue weighted by molar-refractivity contribution is -0.147. The number of allylic oxidation sites excluding steroid dienone is 1. The number of carbonyl (C=O) groups is 4. The molecule has 0 saturated carbocycles. The van der Waals surface area contributed by atoms with Gasteiger partial charge in [-0.2, -0.15) is 0 Å². The Morgan fingerprint density at radius 3 is 2.50 bits per heavy atom. The van der Waals surface area contributed by atoms with Crippen LogP contribution in [0.5, 0.6) is 0 Å². The fraction of sp³-hybridized carbons (Fsp3) is 0.429. The van der Waals surface area contributed by atoms with Crippen LogP contribution in [0.25, 0.3) is 10.8 Å².